The fourth-order valence-electron chi connectivity index (χ4n) is 2.45. The lowest BCUT2D eigenvalue weighted by molar-refractivity contribution is -0.117. The molecule has 0 atom stereocenters. The third-order valence-corrected chi connectivity index (χ3v) is 3.51. The van der Waals surface area contributed by atoms with Crippen molar-refractivity contribution in [3.8, 4) is 11.5 Å². The number of likely N-dealkylation sites (tertiary alicyclic amines) is 1. The maximum absolute atomic E-state index is 11.9. The van der Waals surface area contributed by atoms with Crippen molar-refractivity contribution < 1.29 is 9.21 Å². The quantitative estimate of drug-likeness (QED) is 0.932. The van der Waals surface area contributed by atoms with Gasteiger partial charge in [0.15, 0.2) is 0 Å². The van der Waals surface area contributed by atoms with E-state index in [1.807, 2.05) is 30.3 Å². The Bertz CT molecular complexity index is 591. The van der Waals surface area contributed by atoms with Gasteiger partial charge in [-0.1, -0.05) is 29.7 Å². The zero-order valence-electron chi connectivity index (χ0n) is 11.8. The van der Waals surface area contributed by atoms with Crippen LogP contribution in [-0.4, -0.2) is 40.6 Å². The zero-order valence-corrected chi connectivity index (χ0v) is 11.8. The van der Waals surface area contributed by atoms with E-state index in [0.717, 1.165) is 31.5 Å². The van der Waals surface area contributed by atoms with Crippen LogP contribution in [0.15, 0.2) is 34.7 Å². The Labute approximate surface area is 123 Å². The third-order valence-electron chi connectivity index (χ3n) is 3.51. The van der Waals surface area contributed by atoms with Crippen LogP contribution in [-0.2, 0) is 4.79 Å². The van der Waals surface area contributed by atoms with Crippen LogP contribution in [0.2, 0.25) is 0 Å². The highest BCUT2D eigenvalue weighted by Crippen LogP contribution is 2.19. The van der Waals surface area contributed by atoms with Gasteiger partial charge in [0.05, 0.1) is 6.54 Å². The maximum Gasteiger partial charge on any atom is 0.322 e. The molecule has 0 spiro atoms. The Balaban J connectivity index is 1.58. The molecule has 1 fully saturated rings. The van der Waals surface area contributed by atoms with E-state index in [1.165, 1.54) is 6.42 Å². The molecule has 2 heterocycles. The van der Waals surface area contributed by atoms with Gasteiger partial charge in [-0.05, 0) is 38.1 Å². The van der Waals surface area contributed by atoms with Gasteiger partial charge in [0, 0.05) is 5.56 Å². The van der Waals surface area contributed by atoms with Gasteiger partial charge in [-0.3, -0.25) is 15.0 Å². The van der Waals surface area contributed by atoms with Gasteiger partial charge in [-0.25, -0.2) is 0 Å². The second-order valence-corrected chi connectivity index (χ2v) is 5.16. The number of anilines is 1. The minimum atomic E-state index is -0.111. The van der Waals surface area contributed by atoms with E-state index >= 15 is 0 Å². The molecule has 0 aliphatic carbocycles. The molecule has 6 heteroatoms. The molecule has 1 N–H and O–H groups in total. The van der Waals surface area contributed by atoms with E-state index in [-0.39, 0.29) is 11.9 Å². The summed E-state index contributed by atoms with van der Waals surface area (Å²) in [5.41, 5.74) is 0.835. The molecule has 1 aliphatic rings. The van der Waals surface area contributed by atoms with Crippen molar-refractivity contribution >= 4 is 11.9 Å². The molecule has 0 saturated carbocycles. The number of nitrogens with one attached hydrogen (secondary N) is 1. The Morgan fingerprint density at radius 2 is 1.90 bits per heavy atom. The summed E-state index contributed by atoms with van der Waals surface area (Å²) >= 11 is 0. The highest BCUT2D eigenvalue weighted by atomic mass is 16.4. The van der Waals surface area contributed by atoms with Crippen LogP contribution in [0.4, 0.5) is 6.01 Å². The largest absolute Gasteiger partial charge is 0.403 e. The average Bonchev–Trinajstić information content (AvgIpc) is 2.97. The summed E-state index contributed by atoms with van der Waals surface area (Å²) in [5.74, 6) is 0.295. The second kappa shape index (κ2) is 6.49. The topological polar surface area (TPSA) is 71.3 Å². The third kappa shape index (κ3) is 3.66. The number of amides is 1. The van der Waals surface area contributed by atoms with Crippen molar-refractivity contribution in [3.05, 3.63) is 30.3 Å². The molecule has 0 bridgehead atoms. The molecule has 1 aromatic heterocycles. The molecule has 1 amide bonds. The maximum atomic E-state index is 11.9. The fraction of sp³-hybridized carbons (Fsp3) is 0.400. The molecule has 1 aromatic carbocycles. The number of rotatable bonds is 4. The molecule has 21 heavy (non-hydrogen) atoms. The van der Waals surface area contributed by atoms with E-state index in [9.17, 15) is 4.79 Å². The number of piperidine rings is 1. The van der Waals surface area contributed by atoms with Gasteiger partial charge in [-0.2, -0.15) is 0 Å². The minimum absolute atomic E-state index is 0.111. The number of carbonyl (C=O) groups excluding carboxylic acids is 1. The highest BCUT2D eigenvalue weighted by Gasteiger charge is 2.16. The summed E-state index contributed by atoms with van der Waals surface area (Å²) in [4.78, 5) is 14.1. The lowest BCUT2D eigenvalue weighted by Crippen LogP contribution is -2.36. The lowest BCUT2D eigenvalue weighted by Gasteiger charge is -2.25. The normalized spacial score (nSPS) is 15.8. The Morgan fingerprint density at radius 3 is 2.67 bits per heavy atom. The van der Waals surface area contributed by atoms with Gasteiger partial charge in [0.25, 0.3) is 0 Å². The first-order valence-electron chi connectivity index (χ1n) is 7.22. The van der Waals surface area contributed by atoms with Crippen molar-refractivity contribution in [3.63, 3.8) is 0 Å². The average molecular weight is 286 g/mol. The van der Waals surface area contributed by atoms with Crippen molar-refractivity contribution in [2.75, 3.05) is 25.0 Å². The summed E-state index contributed by atoms with van der Waals surface area (Å²) in [5, 5.41) is 10.5. The van der Waals surface area contributed by atoms with Gasteiger partial charge >= 0.3 is 6.01 Å². The van der Waals surface area contributed by atoms with Crippen LogP contribution in [0.1, 0.15) is 19.3 Å². The minimum Gasteiger partial charge on any atom is -0.403 e. The lowest BCUT2D eigenvalue weighted by atomic mass is 10.1. The first-order chi connectivity index (χ1) is 10.3. The van der Waals surface area contributed by atoms with Gasteiger partial charge in [0.1, 0.15) is 0 Å². The molecule has 0 unspecified atom stereocenters. The van der Waals surface area contributed by atoms with E-state index < -0.39 is 0 Å². The molecule has 1 aliphatic heterocycles. The van der Waals surface area contributed by atoms with Gasteiger partial charge in [-0.15, -0.1) is 5.10 Å². The van der Waals surface area contributed by atoms with Crippen LogP contribution in [0.3, 0.4) is 0 Å². The van der Waals surface area contributed by atoms with Gasteiger partial charge < -0.3 is 4.42 Å². The van der Waals surface area contributed by atoms with E-state index in [2.05, 4.69) is 20.4 Å². The van der Waals surface area contributed by atoms with E-state index in [4.69, 9.17) is 4.42 Å². The SMILES string of the molecule is O=C(CN1CCCCC1)Nc1nnc(-c2ccccc2)o1. The molecule has 1 saturated heterocycles. The highest BCUT2D eigenvalue weighted by molar-refractivity contribution is 5.90. The number of aromatic nitrogens is 2. The first kappa shape index (κ1) is 13.8. The Hall–Kier alpha value is -2.21. The summed E-state index contributed by atoms with van der Waals surface area (Å²) in [6, 6.07) is 9.62. The molecule has 0 radical (unpaired) electrons. The molecule has 110 valence electrons. The van der Waals surface area contributed by atoms with Crippen LogP contribution in [0.25, 0.3) is 11.5 Å². The first-order valence-corrected chi connectivity index (χ1v) is 7.22. The summed E-state index contributed by atoms with van der Waals surface area (Å²) in [6.45, 7) is 2.34. The van der Waals surface area contributed by atoms with E-state index in [0.29, 0.717) is 12.4 Å². The number of nitrogens with zero attached hydrogens (tertiary/aromatic N) is 3. The molecule has 3 rings (SSSR count). The second-order valence-electron chi connectivity index (χ2n) is 5.16. The smallest absolute Gasteiger partial charge is 0.322 e. The van der Waals surface area contributed by atoms with Crippen LogP contribution in [0.5, 0.6) is 0 Å². The molecular weight excluding hydrogens is 268 g/mol. The predicted octanol–water partition coefficient (Wildman–Crippen LogP) is 2.16. The Morgan fingerprint density at radius 1 is 1.14 bits per heavy atom. The fourth-order valence-corrected chi connectivity index (χ4v) is 2.45. The van der Waals surface area contributed by atoms with Crippen molar-refractivity contribution in [2.24, 2.45) is 0 Å². The van der Waals surface area contributed by atoms with Crippen LogP contribution >= 0.6 is 0 Å². The van der Waals surface area contributed by atoms with Crippen molar-refractivity contribution in [1.29, 1.82) is 0 Å². The number of carbonyl (C=O) groups is 1. The monoisotopic (exact) mass is 286 g/mol. The number of hydrogen-bond donors (Lipinski definition) is 1. The van der Waals surface area contributed by atoms with Crippen molar-refractivity contribution in [1.82, 2.24) is 15.1 Å². The Kier molecular flexibility index (Phi) is 4.25. The molecule has 2 aromatic rings. The van der Waals surface area contributed by atoms with E-state index in [1.54, 1.807) is 0 Å². The summed E-state index contributed by atoms with van der Waals surface area (Å²) in [7, 11) is 0. The zero-order chi connectivity index (χ0) is 14.5. The summed E-state index contributed by atoms with van der Waals surface area (Å²) < 4.78 is 5.46. The number of hydrogen-bond acceptors (Lipinski definition) is 5. The van der Waals surface area contributed by atoms with Crippen LogP contribution in [0, 0.1) is 0 Å². The molecule has 6 nitrogen and oxygen atoms in total. The molecular formula is C15H18N4O2. The van der Waals surface area contributed by atoms with Gasteiger partial charge in [0.2, 0.25) is 11.8 Å². The summed E-state index contributed by atoms with van der Waals surface area (Å²) in [6.07, 6.45) is 3.57. The number of benzene rings is 1. The predicted molar refractivity (Wildman–Crippen MR) is 78.7 cm³/mol. The standard InChI is InChI=1S/C15H18N4O2/c20-13(11-19-9-5-2-6-10-19)16-15-18-17-14(21-15)12-7-3-1-4-8-12/h1,3-4,7-8H,2,5-6,9-11H2,(H,16,18,20). The van der Waals surface area contributed by atoms with Crippen molar-refractivity contribution in [2.45, 2.75) is 19.3 Å². The van der Waals surface area contributed by atoms with Crippen LogP contribution < -0.4 is 5.32 Å².